The second kappa shape index (κ2) is 11.0. The van der Waals surface area contributed by atoms with Gasteiger partial charge < -0.3 is 14.2 Å². The zero-order valence-corrected chi connectivity index (χ0v) is 19.2. The normalized spacial score (nSPS) is 11.2. The zero-order valence-electron chi connectivity index (χ0n) is 19.2. The van der Waals surface area contributed by atoms with Gasteiger partial charge in [0.2, 0.25) is 0 Å². The minimum absolute atomic E-state index is 0.257. The number of hydrogen-bond acceptors (Lipinski definition) is 5. The first-order chi connectivity index (χ1) is 16.2. The highest BCUT2D eigenvalue weighted by atomic mass is 19.4. The van der Waals surface area contributed by atoms with Gasteiger partial charge in [-0.3, -0.25) is 9.78 Å². The lowest BCUT2D eigenvalue weighted by Crippen LogP contribution is -2.06. The number of esters is 1. The molecule has 0 aliphatic heterocycles. The van der Waals surface area contributed by atoms with Gasteiger partial charge in [0.05, 0.1) is 25.0 Å². The molecule has 0 saturated heterocycles. The Labute approximate surface area is 196 Å². The fourth-order valence-corrected chi connectivity index (χ4v) is 3.39. The number of carbonyl (C=O) groups is 1. The summed E-state index contributed by atoms with van der Waals surface area (Å²) in [7, 11) is 1.56. The number of carbonyl (C=O) groups excluding carboxylic acids is 1. The van der Waals surface area contributed by atoms with Crippen LogP contribution in [-0.2, 0) is 28.7 Å². The third-order valence-corrected chi connectivity index (χ3v) is 5.26. The predicted octanol–water partition coefficient (Wildman–Crippen LogP) is 6.16. The van der Waals surface area contributed by atoms with Gasteiger partial charge in [-0.2, -0.15) is 13.2 Å². The third-order valence-electron chi connectivity index (χ3n) is 5.26. The summed E-state index contributed by atoms with van der Waals surface area (Å²) in [5.74, 6) is 0.963. The summed E-state index contributed by atoms with van der Waals surface area (Å²) in [4.78, 5) is 16.1. The molecule has 34 heavy (non-hydrogen) atoms. The Balaban J connectivity index is 1.65. The molecule has 3 aromatic rings. The van der Waals surface area contributed by atoms with Crippen LogP contribution in [0.5, 0.6) is 11.5 Å². The van der Waals surface area contributed by atoms with Gasteiger partial charge in [0.1, 0.15) is 18.1 Å². The molecular formula is C26H26F3NO4. The molecule has 0 bridgehead atoms. The van der Waals surface area contributed by atoms with Gasteiger partial charge in [0.25, 0.3) is 0 Å². The van der Waals surface area contributed by atoms with Crippen molar-refractivity contribution in [2.75, 3.05) is 13.7 Å². The maximum absolute atomic E-state index is 12.8. The van der Waals surface area contributed by atoms with Crippen LogP contribution in [0.1, 0.15) is 35.7 Å². The Kier molecular flexibility index (Phi) is 8.15. The molecule has 2 aromatic carbocycles. The molecule has 0 N–H and O–H groups in total. The maximum atomic E-state index is 12.8. The summed E-state index contributed by atoms with van der Waals surface area (Å²) in [5.41, 5.74) is 2.94. The number of hydrogen-bond donors (Lipinski definition) is 0. The molecule has 3 rings (SSSR count). The number of ether oxygens (including phenoxy) is 3. The number of nitrogens with zero attached hydrogens (tertiary/aromatic N) is 1. The van der Waals surface area contributed by atoms with Gasteiger partial charge in [-0.15, -0.1) is 0 Å². The molecule has 5 nitrogen and oxygen atoms in total. The van der Waals surface area contributed by atoms with Gasteiger partial charge in [0, 0.05) is 29.3 Å². The minimum Gasteiger partial charge on any atom is -0.496 e. The smallest absolute Gasteiger partial charge is 0.416 e. The van der Waals surface area contributed by atoms with E-state index in [1.807, 2.05) is 25.1 Å². The topological polar surface area (TPSA) is 57.7 Å². The van der Waals surface area contributed by atoms with Crippen LogP contribution in [0.3, 0.4) is 0 Å². The lowest BCUT2D eigenvalue weighted by atomic mass is 10.1. The van der Waals surface area contributed by atoms with E-state index in [0.717, 1.165) is 29.0 Å². The molecule has 180 valence electrons. The van der Waals surface area contributed by atoms with Crippen LogP contribution in [0, 0.1) is 6.92 Å². The third kappa shape index (κ3) is 6.50. The number of rotatable bonds is 9. The average Bonchev–Trinajstić information content (AvgIpc) is 2.82. The molecule has 0 amide bonds. The molecule has 0 atom stereocenters. The fourth-order valence-electron chi connectivity index (χ4n) is 3.39. The van der Waals surface area contributed by atoms with Crippen molar-refractivity contribution in [2.45, 2.75) is 39.5 Å². The summed E-state index contributed by atoms with van der Waals surface area (Å²) < 4.78 is 54.6. The van der Waals surface area contributed by atoms with Gasteiger partial charge >= 0.3 is 12.1 Å². The van der Waals surface area contributed by atoms with E-state index in [-0.39, 0.29) is 19.0 Å². The molecule has 0 radical (unpaired) electrons. The number of alkyl halides is 3. The Hall–Kier alpha value is -3.55. The second-order valence-electron chi connectivity index (χ2n) is 7.58. The van der Waals surface area contributed by atoms with Gasteiger partial charge in [-0.05, 0) is 50.1 Å². The van der Waals surface area contributed by atoms with E-state index < -0.39 is 11.7 Å². The van der Waals surface area contributed by atoms with Gasteiger partial charge in [0.15, 0.2) is 0 Å². The molecule has 0 saturated carbocycles. The number of halogens is 3. The van der Waals surface area contributed by atoms with Crippen molar-refractivity contribution in [3.63, 3.8) is 0 Å². The standard InChI is InChI=1S/C26H26F3NO4/c1-4-33-25(31)14-9-19-7-12-22(15-24(19)32-3)34-16-20-8-13-23(30-17(20)2)18-5-10-21(11-6-18)26(27,28)29/h5-8,10-13,15H,4,9,14,16H2,1-3H3. The molecule has 0 unspecified atom stereocenters. The number of aryl methyl sites for hydroxylation is 2. The largest absolute Gasteiger partial charge is 0.496 e. The lowest BCUT2D eigenvalue weighted by molar-refractivity contribution is -0.143. The van der Waals surface area contributed by atoms with Crippen molar-refractivity contribution in [3.8, 4) is 22.8 Å². The van der Waals surface area contributed by atoms with E-state index in [1.165, 1.54) is 12.1 Å². The van der Waals surface area contributed by atoms with E-state index >= 15 is 0 Å². The van der Waals surface area contributed by atoms with E-state index in [4.69, 9.17) is 14.2 Å². The first-order valence-corrected chi connectivity index (χ1v) is 10.8. The van der Waals surface area contributed by atoms with E-state index in [0.29, 0.717) is 35.8 Å². The SMILES string of the molecule is CCOC(=O)CCc1ccc(OCc2ccc(-c3ccc(C(F)(F)F)cc3)nc2C)cc1OC. The monoisotopic (exact) mass is 473 g/mol. The quantitative estimate of drug-likeness (QED) is 0.349. The van der Waals surface area contributed by atoms with Crippen LogP contribution >= 0.6 is 0 Å². The summed E-state index contributed by atoms with van der Waals surface area (Å²) >= 11 is 0. The summed E-state index contributed by atoms with van der Waals surface area (Å²) in [5, 5.41) is 0. The van der Waals surface area contributed by atoms with Crippen LogP contribution in [-0.4, -0.2) is 24.7 Å². The maximum Gasteiger partial charge on any atom is 0.416 e. The zero-order chi connectivity index (χ0) is 24.7. The lowest BCUT2D eigenvalue weighted by Gasteiger charge is -2.13. The van der Waals surface area contributed by atoms with Crippen molar-refractivity contribution in [3.05, 3.63) is 77.0 Å². The van der Waals surface area contributed by atoms with Crippen LogP contribution in [0.25, 0.3) is 11.3 Å². The molecule has 1 aromatic heterocycles. The van der Waals surface area contributed by atoms with Crippen molar-refractivity contribution in [2.24, 2.45) is 0 Å². The van der Waals surface area contributed by atoms with Crippen LogP contribution in [0.15, 0.2) is 54.6 Å². The highest BCUT2D eigenvalue weighted by Gasteiger charge is 2.30. The molecule has 8 heteroatoms. The minimum atomic E-state index is -4.37. The second-order valence-corrected chi connectivity index (χ2v) is 7.58. The van der Waals surface area contributed by atoms with Gasteiger partial charge in [-0.25, -0.2) is 0 Å². The molecular weight excluding hydrogens is 447 g/mol. The Morgan fingerprint density at radius 3 is 2.32 bits per heavy atom. The first kappa shape index (κ1) is 25.1. The van der Waals surface area contributed by atoms with E-state index in [9.17, 15) is 18.0 Å². The van der Waals surface area contributed by atoms with E-state index in [2.05, 4.69) is 4.98 Å². The van der Waals surface area contributed by atoms with Crippen molar-refractivity contribution in [1.29, 1.82) is 0 Å². The molecule has 1 heterocycles. The Morgan fingerprint density at radius 2 is 1.71 bits per heavy atom. The van der Waals surface area contributed by atoms with Crippen LogP contribution < -0.4 is 9.47 Å². The summed E-state index contributed by atoms with van der Waals surface area (Å²) in [6.07, 6.45) is -3.61. The van der Waals surface area contributed by atoms with Crippen molar-refractivity contribution in [1.82, 2.24) is 4.98 Å². The van der Waals surface area contributed by atoms with Crippen LogP contribution in [0.4, 0.5) is 13.2 Å². The van der Waals surface area contributed by atoms with E-state index in [1.54, 1.807) is 26.2 Å². The number of pyridine rings is 1. The van der Waals surface area contributed by atoms with Gasteiger partial charge in [-0.1, -0.05) is 24.3 Å². The fraction of sp³-hybridized carbons (Fsp3) is 0.308. The summed E-state index contributed by atoms with van der Waals surface area (Å²) in [6.45, 7) is 4.20. The first-order valence-electron chi connectivity index (χ1n) is 10.8. The average molecular weight is 473 g/mol. The predicted molar refractivity (Wildman–Crippen MR) is 122 cm³/mol. The Morgan fingerprint density at radius 1 is 1.00 bits per heavy atom. The Bertz CT molecular complexity index is 1130. The summed E-state index contributed by atoms with van der Waals surface area (Å²) in [6, 6.07) is 14.0. The van der Waals surface area contributed by atoms with Crippen LogP contribution in [0.2, 0.25) is 0 Å². The molecule has 0 aliphatic rings. The number of aromatic nitrogens is 1. The van der Waals surface area contributed by atoms with Crippen molar-refractivity contribution < 1.29 is 32.2 Å². The highest BCUT2D eigenvalue weighted by molar-refractivity contribution is 5.69. The molecule has 0 spiro atoms. The number of methoxy groups -OCH3 is 1. The molecule has 0 fully saturated rings. The van der Waals surface area contributed by atoms with Crippen molar-refractivity contribution >= 4 is 5.97 Å². The molecule has 0 aliphatic carbocycles. The highest BCUT2D eigenvalue weighted by Crippen LogP contribution is 2.31. The number of benzene rings is 2.